The Morgan fingerprint density at radius 2 is 1.90 bits per heavy atom. The number of carboxylic acid groups (broad SMARTS) is 1. The van der Waals surface area contributed by atoms with E-state index in [9.17, 15) is 4.79 Å². The lowest BCUT2D eigenvalue weighted by Gasteiger charge is -2.38. The van der Waals surface area contributed by atoms with E-state index < -0.39 is 5.97 Å². The number of hydrogen-bond donors (Lipinski definition) is 1. The number of nitrogens with zero attached hydrogens (tertiary/aromatic N) is 2. The van der Waals surface area contributed by atoms with Crippen LogP contribution < -0.4 is 4.90 Å². The summed E-state index contributed by atoms with van der Waals surface area (Å²) in [6.07, 6.45) is 2.83. The zero-order valence-corrected chi connectivity index (χ0v) is 13.0. The van der Waals surface area contributed by atoms with Gasteiger partial charge in [-0.15, -0.1) is 0 Å². The van der Waals surface area contributed by atoms with Crippen LogP contribution in [-0.2, 0) is 4.79 Å². The molecule has 0 unspecified atom stereocenters. The Bertz CT molecular complexity index is 530. The van der Waals surface area contributed by atoms with Gasteiger partial charge in [-0.05, 0) is 50.1 Å². The highest BCUT2D eigenvalue weighted by molar-refractivity contribution is 5.85. The number of anilines is 1. The van der Waals surface area contributed by atoms with Crippen molar-refractivity contribution in [2.75, 3.05) is 31.1 Å². The molecule has 0 saturated carbocycles. The second-order valence-corrected chi connectivity index (χ2v) is 5.83. The summed E-state index contributed by atoms with van der Waals surface area (Å²) < 4.78 is 0. The van der Waals surface area contributed by atoms with E-state index in [-0.39, 0.29) is 0 Å². The molecule has 0 radical (unpaired) electrons. The van der Waals surface area contributed by atoms with Crippen molar-refractivity contribution in [3.63, 3.8) is 0 Å². The van der Waals surface area contributed by atoms with E-state index in [4.69, 9.17) is 5.11 Å². The molecule has 1 heterocycles. The van der Waals surface area contributed by atoms with Crippen molar-refractivity contribution >= 4 is 17.7 Å². The molecule has 4 nitrogen and oxygen atoms in total. The zero-order chi connectivity index (χ0) is 15.4. The minimum absolute atomic E-state index is 0.609. The molecule has 1 aromatic carbocycles. The highest BCUT2D eigenvalue weighted by Gasteiger charge is 2.19. The van der Waals surface area contributed by atoms with Gasteiger partial charge in [-0.25, -0.2) is 4.79 Å². The third-order valence-electron chi connectivity index (χ3n) is 4.07. The molecule has 1 aliphatic heterocycles. The standard InChI is InChI=1S/C17H24N2O2/c1-13(2)18-8-10-19(11-9-18)16-6-4-15(14(3)12-16)5-7-17(20)21/h4-7,12-13H,8-11H2,1-3H3,(H,20,21). The number of rotatable bonds is 4. The fourth-order valence-corrected chi connectivity index (χ4v) is 2.70. The summed E-state index contributed by atoms with van der Waals surface area (Å²) in [6, 6.07) is 6.84. The van der Waals surface area contributed by atoms with Crippen molar-refractivity contribution in [3.05, 3.63) is 35.4 Å². The van der Waals surface area contributed by atoms with Crippen LogP contribution in [0.2, 0.25) is 0 Å². The first kappa shape index (κ1) is 15.6. The molecule has 21 heavy (non-hydrogen) atoms. The predicted octanol–water partition coefficient (Wildman–Crippen LogP) is 2.62. The van der Waals surface area contributed by atoms with Crippen molar-refractivity contribution in [1.29, 1.82) is 0 Å². The summed E-state index contributed by atoms with van der Waals surface area (Å²) in [5, 5.41) is 8.69. The minimum atomic E-state index is -0.914. The number of hydrogen-bond acceptors (Lipinski definition) is 3. The number of carboxylic acids is 1. The maximum atomic E-state index is 10.6. The SMILES string of the molecule is Cc1cc(N2CCN(C(C)C)CC2)ccc1C=CC(=O)O. The average Bonchev–Trinajstić information content (AvgIpc) is 2.46. The topological polar surface area (TPSA) is 43.8 Å². The predicted molar refractivity (Wildman–Crippen MR) is 86.8 cm³/mol. The van der Waals surface area contributed by atoms with Gasteiger partial charge in [0.05, 0.1) is 0 Å². The number of aryl methyl sites for hydroxylation is 1. The fraction of sp³-hybridized carbons (Fsp3) is 0.471. The minimum Gasteiger partial charge on any atom is -0.478 e. The Balaban J connectivity index is 2.05. The molecule has 0 amide bonds. The van der Waals surface area contributed by atoms with Crippen LogP contribution in [-0.4, -0.2) is 48.2 Å². The Morgan fingerprint density at radius 1 is 1.24 bits per heavy atom. The van der Waals surface area contributed by atoms with Crippen molar-refractivity contribution in [1.82, 2.24) is 4.90 Å². The molecule has 1 N–H and O–H groups in total. The normalized spacial score (nSPS) is 16.9. The van der Waals surface area contributed by atoms with E-state index in [0.29, 0.717) is 6.04 Å². The first-order chi connectivity index (χ1) is 9.97. The third-order valence-corrected chi connectivity index (χ3v) is 4.07. The van der Waals surface area contributed by atoms with Crippen LogP contribution in [0.1, 0.15) is 25.0 Å². The van der Waals surface area contributed by atoms with E-state index in [1.165, 1.54) is 11.8 Å². The molecular weight excluding hydrogens is 264 g/mol. The van der Waals surface area contributed by atoms with Crippen LogP contribution in [0.25, 0.3) is 6.08 Å². The zero-order valence-electron chi connectivity index (χ0n) is 13.0. The van der Waals surface area contributed by atoms with Gasteiger partial charge in [0.15, 0.2) is 0 Å². The molecule has 1 aliphatic rings. The van der Waals surface area contributed by atoms with Gasteiger partial charge in [0.1, 0.15) is 0 Å². The molecule has 4 heteroatoms. The number of carbonyl (C=O) groups is 1. The highest BCUT2D eigenvalue weighted by atomic mass is 16.4. The third kappa shape index (κ3) is 4.08. The van der Waals surface area contributed by atoms with E-state index in [1.54, 1.807) is 6.08 Å². The lowest BCUT2D eigenvalue weighted by Crippen LogP contribution is -2.48. The van der Waals surface area contributed by atoms with Gasteiger partial charge in [0.25, 0.3) is 0 Å². The molecule has 0 bridgehead atoms. The lowest BCUT2D eigenvalue weighted by atomic mass is 10.1. The van der Waals surface area contributed by atoms with Crippen LogP contribution in [0, 0.1) is 6.92 Å². The molecule has 2 rings (SSSR count). The van der Waals surface area contributed by atoms with Crippen molar-refractivity contribution in [3.8, 4) is 0 Å². The van der Waals surface area contributed by atoms with E-state index in [1.807, 2.05) is 13.0 Å². The smallest absolute Gasteiger partial charge is 0.328 e. The van der Waals surface area contributed by atoms with Gasteiger partial charge in [-0.1, -0.05) is 6.07 Å². The molecule has 0 aromatic heterocycles. The summed E-state index contributed by atoms with van der Waals surface area (Å²) in [4.78, 5) is 15.5. The summed E-state index contributed by atoms with van der Waals surface area (Å²) in [5.41, 5.74) is 3.29. The summed E-state index contributed by atoms with van der Waals surface area (Å²) in [7, 11) is 0. The Labute approximate surface area is 126 Å². The monoisotopic (exact) mass is 288 g/mol. The van der Waals surface area contributed by atoms with E-state index in [0.717, 1.165) is 37.3 Å². The van der Waals surface area contributed by atoms with Crippen molar-refractivity contribution in [2.24, 2.45) is 0 Å². The summed E-state index contributed by atoms with van der Waals surface area (Å²) in [6.45, 7) is 10.8. The number of benzene rings is 1. The molecule has 0 atom stereocenters. The van der Waals surface area contributed by atoms with Gasteiger partial charge in [0, 0.05) is 44.0 Å². The number of piperazine rings is 1. The van der Waals surface area contributed by atoms with Crippen LogP contribution in [0.15, 0.2) is 24.3 Å². The Hall–Kier alpha value is -1.81. The van der Waals surface area contributed by atoms with E-state index in [2.05, 4.69) is 35.8 Å². The average molecular weight is 288 g/mol. The first-order valence-corrected chi connectivity index (χ1v) is 7.48. The van der Waals surface area contributed by atoms with Gasteiger partial charge in [-0.3, -0.25) is 4.90 Å². The van der Waals surface area contributed by atoms with Gasteiger partial charge in [0.2, 0.25) is 0 Å². The summed E-state index contributed by atoms with van der Waals surface area (Å²) in [5.74, 6) is -0.914. The van der Waals surface area contributed by atoms with E-state index >= 15 is 0 Å². The molecule has 1 aromatic rings. The second kappa shape index (κ2) is 6.76. The van der Waals surface area contributed by atoms with Gasteiger partial charge >= 0.3 is 5.97 Å². The first-order valence-electron chi connectivity index (χ1n) is 7.48. The van der Waals surface area contributed by atoms with Gasteiger partial charge in [-0.2, -0.15) is 0 Å². The van der Waals surface area contributed by atoms with Crippen LogP contribution in [0.5, 0.6) is 0 Å². The molecule has 0 aliphatic carbocycles. The van der Waals surface area contributed by atoms with Crippen LogP contribution >= 0.6 is 0 Å². The second-order valence-electron chi connectivity index (χ2n) is 5.83. The molecule has 1 saturated heterocycles. The molecular formula is C17H24N2O2. The highest BCUT2D eigenvalue weighted by Crippen LogP contribution is 2.22. The largest absolute Gasteiger partial charge is 0.478 e. The number of aliphatic carboxylic acids is 1. The fourth-order valence-electron chi connectivity index (χ4n) is 2.70. The lowest BCUT2D eigenvalue weighted by molar-refractivity contribution is -0.131. The van der Waals surface area contributed by atoms with Crippen molar-refractivity contribution in [2.45, 2.75) is 26.8 Å². The van der Waals surface area contributed by atoms with Crippen LogP contribution in [0.4, 0.5) is 5.69 Å². The maximum Gasteiger partial charge on any atom is 0.328 e. The summed E-state index contributed by atoms with van der Waals surface area (Å²) >= 11 is 0. The van der Waals surface area contributed by atoms with Crippen molar-refractivity contribution < 1.29 is 9.90 Å². The molecule has 0 spiro atoms. The Kier molecular flexibility index (Phi) is 5.02. The Morgan fingerprint density at radius 3 is 2.43 bits per heavy atom. The molecule has 114 valence electrons. The molecule has 1 fully saturated rings. The quantitative estimate of drug-likeness (QED) is 0.865. The van der Waals surface area contributed by atoms with Gasteiger partial charge < -0.3 is 10.0 Å². The van der Waals surface area contributed by atoms with Crippen LogP contribution in [0.3, 0.4) is 0 Å². The maximum absolute atomic E-state index is 10.6.